The number of benzene rings is 3. The van der Waals surface area contributed by atoms with Gasteiger partial charge in [0.2, 0.25) is 0 Å². The first kappa shape index (κ1) is 21.3. The number of para-hydroxylation sites is 1. The maximum Gasteiger partial charge on any atom is 0.375 e. The maximum absolute atomic E-state index is 12.8. The second-order valence-corrected chi connectivity index (χ2v) is 7.60. The minimum absolute atomic E-state index is 0.496. The number of carbonyl (C=O) groups is 2. The van der Waals surface area contributed by atoms with Gasteiger partial charge < -0.3 is 10.1 Å². The highest BCUT2D eigenvalue weighted by molar-refractivity contribution is 8.15. The van der Waals surface area contributed by atoms with Gasteiger partial charge in [0.05, 0.1) is 12.8 Å². The number of aryl methyl sites for hydroxylation is 1. The second-order valence-electron chi connectivity index (χ2n) is 6.51. The zero-order valence-corrected chi connectivity index (χ0v) is 17.6. The van der Waals surface area contributed by atoms with Crippen molar-refractivity contribution >= 4 is 40.1 Å². The summed E-state index contributed by atoms with van der Waals surface area (Å²) in [6, 6.07) is 26.4. The fourth-order valence-corrected chi connectivity index (χ4v) is 3.74. The third-order valence-corrected chi connectivity index (χ3v) is 5.38. The van der Waals surface area contributed by atoms with Crippen LogP contribution in [0.3, 0.4) is 0 Å². The molecule has 30 heavy (non-hydrogen) atoms. The predicted octanol–water partition coefficient (Wildman–Crippen LogP) is 5.31. The molecule has 0 saturated heterocycles. The number of hydrogen-bond acceptors (Lipinski definition) is 5. The molecule has 6 heteroatoms. The number of anilines is 1. The minimum atomic E-state index is -0.884. The molecule has 3 aromatic carbocycles. The van der Waals surface area contributed by atoms with E-state index in [4.69, 9.17) is 4.99 Å². The molecular weight excluding hydrogens is 396 g/mol. The molecule has 0 heterocycles. The van der Waals surface area contributed by atoms with Gasteiger partial charge in [-0.25, -0.2) is 9.79 Å². The van der Waals surface area contributed by atoms with Crippen LogP contribution in [0.5, 0.6) is 0 Å². The summed E-state index contributed by atoms with van der Waals surface area (Å²) in [5.41, 5.74) is 3.39. The highest BCUT2D eigenvalue weighted by Gasteiger charge is 2.30. The fraction of sp³-hybridized carbons (Fsp3) is 0.125. The lowest BCUT2D eigenvalue weighted by atomic mass is 10.1. The molecule has 3 aromatic rings. The van der Waals surface area contributed by atoms with Crippen molar-refractivity contribution in [3.8, 4) is 0 Å². The lowest BCUT2D eigenvalue weighted by Gasteiger charge is -2.17. The number of aliphatic imine (C=N–C) groups is 1. The van der Waals surface area contributed by atoms with Crippen LogP contribution in [0.1, 0.15) is 16.4 Å². The highest BCUT2D eigenvalue weighted by Crippen LogP contribution is 2.33. The number of rotatable bonds is 6. The lowest BCUT2D eigenvalue weighted by Crippen LogP contribution is -2.24. The van der Waals surface area contributed by atoms with E-state index in [0.29, 0.717) is 10.7 Å². The summed E-state index contributed by atoms with van der Waals surface area (Å²) >= 11 is 1.18. The molecule has 0 fully saturated rings. The number of methoxy groups -OCH3 is 1. The van der Waals surface area contributed by atoms with Gasteiger partial charge in [-0.1, -0.05) is 78.0 Å². The molecule has 0 spiro atoms. The molecule has 152 valence electrons. The van der Waals surface area contributed by atoms with E-state index >= 15 is 0 Å². The number of esters is 1. The normalized spacial score (nSPS) is 12.1. The molecule has 0 unspecified atom stereocenters. The Labute approximate surface area is 180 Å². The number of nitrogens with zero attached hydrogens (tertiary/aromatic N) is 1. The summed E-state index contributed by atoms with van der Waals surface area (Å²) < 4.78 is 4.68. The summed E-state index contributed by atoms with van der Waals surface area (Å²) in [6.45, 7) is 2.01. The Bertz CT molecular complexity index is 1020. The van der Waals surface area contributed by atoms with E-state index in [0.717, 1.165) is 16.9 Å². The fourth-order valence-electron chi connectivity index (χ4n) is 2.69. The third-order valence-electron chi connectivity index (χ3n) is 4.25. The van der Waals surface area contributed by atoms with Crippen molar-refractivity contribution in [1.82, 2.24) is 0 Å². The zero-order chi connectivity index (χ0) is 21.3. The number of Topliss-reactive ketones (excluding diaryl/α,β-unsaturated/α-hetero) is 1. The minimum Gasteiger partial charge on any atom is -0.463 e. The summed E-state index contributed by atoms with van der Waals surface area (Å²) in [4.78, 5) is 29.5. The Morgan fingerprint density at radius 3 is 2.10 bits per heavy atom. The van der Waals surface area contributed by atoms with Gasteiger partial charge in [-0.15, -0.1) is 0 Å². The van der Waals surface area contributed by atoms with Gasteiger partial charge in [0, 0.05) is 5.69 Å². The SMILES string of the molecule is COC(=O)C(=O)[C@H](SC(=Nc1ccc(C)cc1)Nc1ccccc1)c1ccccc1. The van der Waals surface area contributed by atoms with Crippen molar-refractivity contribution in [3.63, 3.8) is 0 Å². The van der Waals surface area contributed by atoms with Crippen LogP contribution in [-0.4, -0.2) is 24.0 Å². The van der Waals surface area contributed by atoms with Crippen molar-refractivity contribution < 1.29 is 14.3 Å². The molecule has 0 radical (unpaired) electrons. The monoisotopic (exact) mass is 418 g/mol. The van der Waals surface area contributed by atoms with E-state index in [9.17, 15) is 9.59 Å². The molecule has 0 aliphatic carbocycles. The average molecular weight is 419 g/mol. The Morgan fingerprint density at radius 1 is 0.900 bits per heavy atom. The number of thioether (sulfide) groups is 1. The first-order valence-corrected chi connectivity index (χ1v) is 10.3. The molecule has 5 nitrogen and oxygen atoms in total. The van der Waals surface area contributed by atoms with Crippen molar-refractivity contribution in [1.29, 1.82) is 0 Å². The number of carbonyl (C=O) groups excluding carboxylic acids is 2. The van der Waals surface area contributed by atoms with Gasteiger partial charge in [0.1, 0.15) is 5.25 Å². The number of amidine groups is 1. The predicted molar refractivity (Wildman–Crippen MR) is 122 cm³/mol. The summed E-state index contributed by atoms with van der Waals surface area (Å²) in [6.07, 6.45) is 0. The molecule has 0 bridgehead atoms. The average Bonchev–Trinajstić information content (AvgIpc) is 2.79. The third kappa shape index (κ3) is 5.81. The molecule has 0 aliphatic heterocycles. The van der Waals surface area contributed by atoms with E-state index in [1.54, 1.807) is 0 Å². The molecule has 0 amide bonds. The summed E-state index contributed by atoms with van der Waals surface area (Å²) in [7, 11) is 1.20. The van der Waals surface area contributed by atoms with Gasteiger partial charge >= 0.3 is 5.97 Å². The van der Waals surface area contributed by atoms with Crippen molar-refractivity contribution in [2.24, 2.45) is 4.99 Å². The van der Waals surface area contributed by atoms with Crippen molar-refractivity contribution in [2.75, 3.05) is 12.4 Å². The zero-order valence-electron chi connectivity index (χ0n) is 16.7. The Balaban J connectivity index is 1.98. The molecule has 0 aliphatic rings. The standard InChI is InChI=1S/C24H22N2O3S/c1-17-13-15-20(16-14-17)26-24(25-19-11-7-4-8-12-19)30-22(21(27)23(28)29-2)18-9-5-3-6-10-18/h3-16,22H,1-2H3,(H,25,26)/t22-/m1/s1. The van der Waals surface area contributed by atoms with Crippen LogP contribution in [0.2, 0.25) is 0 Å². The smallest absolute Gasteiger partial charge is 0.375 e. The maximum atomic E-state index is 12.8. The van der Waals surface area contributed by atoms with E-state index in [-0.39, 0.29) is 0 Å². The first-order valence-electron chi connectivity index (χ1n) is 9.38. The quantitative estimate of drug-likeness (QED) is 0.254. The van der Waals surface area contributed by atoms with Crippen LogP contribution < -0.4 is 5.32 Å². The second kappa shape index (κ2) is 10.4. The lowest BCUT2D eigenvalue weighted by molar-refractivity contribution is -0.151. The van der Waals surface area contributed by atoms with Crippen LogP contribution in [-0.2, 0) is 14.3 Å². The summed E-state index contributed by atoms with van der Waals surface area (Å²) in [5.74, 6) is -1.52. The van der Waals surface area contributed by atoms with Crippen LogP contribution >= 0.6 is 11.8 Å². The highest BCUT2D eigenvalue weighted by atomic mass is 32.2. The van der Waals surface area contributed by atoms with Gasteiger partial charge in [-0.3, -0.25) is 4.79 Å². The van der Waals surface area contributed by atoms with Crippen LogP contribution in [0.15, 0.2) is 89.9 Å². The molecule has 1 N–H and O–H groups in total. The first-order chi connectivity index (χ1) is 14.6. The number of ketones is 1. The van der Waals surface area contributed by atoms with Gasteiger partial charge in [-0.05, 0) is 36.8 Å². The summed E-state index contributed by atoms with van der Waals surface area (Å²) in [5, 5.41) is 2.97. The Morgan fingerprint density at radius 2 is 1.50 bits per heavy atom. The van der Waals surface area contributed by atoms with Gasteiger partial charge in [0.25, 0.3) is 5.78 Å². The largest absolute Gasteiger partial charge is 0.463 e. The number of hydrogen-bond donors (Lipinski definition) is 1. The number of ether oxygens (including phenoxy) is 1. The molecular formula is C24H22N2O3S. The molecule has 1 atom stereocenters. The van der Waals surface area contributed by atoms with Crippen molar-refractivity contribution in [2.45, 2.75) is 12.2 Å². The van der Waals surface area contributed by atoms with E-state index in [1.165, 1.54) is 18.9 Å². The van der Waals surface area contributed by atoms with Crippen LogP contribution in [0, 0.1) is 6.92 Å². The van der Waals surface area contributed by atoms with Gasteiger partial charge in [0.15, 0.2) is 5.17 Å². The topological polar surface area (TPSA) is 67.8 Å². The van der Waals surface area contributed by atoms with Crippen LogP contribution in [0.4, 0.5) is 11.4 Å². The Kier molecular flexibility index (Phi) is 7.40. The molecule has 3 rings (SSSR count). The number of nitrogens with one attached hydrogen (secondary N) is 1. The van der Waals surface area contributed by atoms with Crippen LogP contribution in [0.25, 0.3) is 0 Å². The molecule has 0 aromatic heterocycles. The van der Waals surface area contributed by atoms with E-state index in [1.807, 2.05) is 91.9 Å². The molecule has 0 saturated carbocycles. The van der Waals surface area contributed by atoms with E-state index in [2.05, 4.69) is 10.1 Å². The van der Waals surface area contributed by atoms with Crippen molar-refractivity contribution in [3.05, 3.63) is 96.1 Å². The van der Waals surface area contributed by atoms with E-state index < -0.39 is 17.0 Å². The Hall–Kier alpha value is -3.38. The van der Waals surface area contributed by atoms with Gasteiger partial charge in [-0.2, -0.15) is 0 Å².